The fraction of sp³-hybridized carbons (Fsp3) is 0.467. The van der Waals surface area contributed by atoms with Crippen LogP contribution in [0, 0.1) is 5.92 Å². The first-order valence-corrected chi connectivity index (χ1v) is 6.39. The smallest absolute Gasteiger partial charge is 0.0233 e. The van der Waals surface area contributed by atoms with Crippen LogP contribution in [-0.2, 0) is 0 Å². The van der Waals surface area contributed by atoms with Gasteiger partial charge in [0.05, 0.1) is 0 Å². The molecule has 2 heteroatoms. The number of likely N-dealkylation sites (tertiary alicyclic amines) is 1. The van der Waals surface area contributed by atoms with Gasteiger partial charge in [-0.15, -0.1) is 0 Å². The minimum atomic E-state index is 0.809. The Balaban J connectivity index is 1.84. The summed E-state index contributed by atoms with van der Waals surface area (Å²) in [6, 6.07) is 10.5. The van der Waals surface area contributed by atoms with E-state index in [2.05, 4.69) is 47.1 Å². The Bertz CT molecular complexity index is 358. The van der Waals surface area contributed by atoms with Crippen LogP contribution in [-0.4, -0.2) is 38.1 Å². The Labute approximate surface area is 104 Å². The van der Waals surface area contributed by atoms with Crippen LogP contribution in [0.2, 0.25) is 0 Å². The van der Waals surface area contributed by atoms with Crippen LogP contribution in [0.1, 0.15) is 12.0 Å². The van der Waals surface area contributed by atoms with Crippen LogP contribution in [0.25, 0.3) is 5.57 Å². The molecule has 0 aromatic heterocycles. The SMILES string of the molecule is C=C(CN1CCC(CNC)C1)c1ccccc1. The lowest BCUT2D eigenvalue weighted by atomic mass is 10.1. The van der Waals surface area contributed by atoms with Crippen molar-refractivity contribution in [2.24, 2.45) is 5.92 Å². The monoisotopic (exact) mass is 230 g/mol. The molecule has 1 N–H and O–H groups in total. The van der Waals surface area contributed by atoms with E-state index in [1.165, 1.54) is 30.6 Å². The van der Waals surface area contributed by atoms with Gasteiger partial charge in [0.15, 0.2) is 0 Å². The largest absolute Gasteiger partial charge is 0.319 e. The molecular formula is C15H22N2. The first-order valence-electron chi connectivity index (χ1n) is 6.39. The predicted octanol–water partition coefficient (Wildman–Crippen LogP) is 2.24. The molecule has 1 aliphatic heterocycles. The molecule has 1 heterocycles. The summed E-state index contributed by atoms with van der Waals surface area (Å²) in [5.74, 6) is 0.809. The fourth-order valence-corrected chi connectivity index (χ4v) is 2.55. The summed E-state index contributed by atoms with van der Waals surface area (Å²) in [6.45, 7) is 8.75. The van der Waals surface area contributed by atoms with Gasteiger partial charge < -0.3 is 5.32 Å². The number of benzene rings is 1. The highest BCUT2D eigenvalue weighted by Gasteiger charge is 2.21. The van der Waals surface area contributed by atoms with Crippen LogP contribution in [0.5, 0.6) is 0 Å². The average Bonchev–Trinajstić information content (AvgIpc) is 2.78. The maximum Gasteiger partial charge on any atom is 0.0233 e. The van der Waals surface area contributed by atoms with Crippen LogP contribution in [0.3, 0.4) is 0 Å². The van der Waals surface area contributed by atoms with Crippen LogP contribution in [0.4, 0.5) is 0 Å². The van der Waals surface area contributed by atoms with E-state index >= 15 is 0 Å². The summed E-state index contributed by atoms with van der Waals surface area (Å²) in [4.78, 5) is 2.51. The lowest BCUT2D eigenvalue weighted by molar-refractivity contribution is 0.362. The molecular weight excluding hydrogens is 208 g/mol. The van der Waals surface area contributed by atoms with Crippen LogP contribution in [0.15, 0.2) is 36.9 Å². The highest BCUT2D eigenvalue weighted by Crippen LogP contribution is 2.19. The highest BCUT2D eigenvalue weighted by atomic mass is 15.1. The van der Waals surface area contributed by atoms with Gasteiger partial charge in [0.25, 0.3) is 0 Å². The zero-order valence-electron chi connectivity index (χ0n) is 10.7. The maximum atomic E-state index is 4.20. The molecule has 1 fully saturated rings. The molecule has 2 nitrogen and oxygen atoms in total. The average molecular weight is 230 g/mol. The summed E-state index contributed by atoms with van der Waals surface area (Å²) in [6.07, 6.45) is 1.31. The lowest BCUT2D eigenvalue weighted by Gasteiger charge is -2.17. The van der Waals surface area contributed by atoms with Crippen molar-refractivity contribution in [2.45, 2.75) is 6.42 Å². The zero-order chi connectivity index (χ0) is 12.1. The molecule has 0 saturated carbocycles. The van der Waals surface area contributed by atoms with Crippen molar-refractivity contribution in [1.82, 2.24) is 10.2 Å². The number of rotatable bonds is 5. The molecule has 2 rings (SSSR count). The topological polar surface area (TPSA) is 15.3 Å². The molecule has 17 heavy (non-hydrogen) atoms. The lowest BCUT2D eigenvalue weighted by Crippen LogP contribution is -2.25. The van der Waals surface area contributed by atoms with E-state index in [1.807, 2.05) is 7.05 Å². The van der Waals surface area contributed by atoms with Gasteiger partial charge in [0.1, 0.15) is 0 Å². The van der Waals surface area contributed by atoms with Gasteiger partial charge >= 0.3 is 0 Å². The number of hydrogen-bond donors (Lipinski definition) is 1. The minimum absolute atomic E-state index is 0.809. The van der Waals surface area contributed by atoms with E-state index in [9.17, 15) is 0 Å². The standard InChI is InChI=1S/C15H22N2/c1-13(15-6-4-3-5-7-15)11-17-9-8-14(12-17)10-16-2/h3-7,14,16H,1,8-12H2,2H3. The minimum Gasteiger partial charge on any atom is -0.319 e. The van der Waals surface area contributed by atoms with Crippen molar-refractivity contribution in [1.29, 1.82) is 0 Å². The Kier molecular flexibility index (Phi) is 4.35. The third-order valence-electron chi connectivity index (χ3n) is 3.46. The molecule has 0 aliphatic carbocycles. The first kappa shape index (κ1) is 12.3. The molecule has 1 aliphatic rings. The van der Waals surface area contributed by atoms with Crippen molar-refractivity contribution in [3.05, 3.63) is 42.5 Å². The second kappa shape index (κ2) is 5.99. The molecule has 0 bridgehead atoms. The summed E-state index contributed by atoms with van der Waals surface area (Å²) >= 11 is 0. The van der Waals surface area contributed by atoms with Gasteiger partial charge in [-0.1, -0.05) is 36.9 Å². The Hall–Kier alpha value is -1.12. The van der Waals surface area contributed by atoms with Crippen molar-refractivity contribution in [3.8, 4) is 0 Å². The van der Waals surface area contributed by atoms with E-state index in [4.69, 9.17) is 0 Å². The highest BCUT2D eigenvalue weighted by molar-refractivity contribution is 5.64. The summed E-state index contributed by atoms with van der Waals surface area (Å²) in [7, 11) is 2.03. The number of nitrogens with one attached hydrogen (secondary N) is 1. The second-order valence-corrected chi connectivity index (χ2v) is 4.92. The van der Waals surface area contributed by atoms with Gasteiger partial charge in [0, 0.05) is 13.1 Å². The first-order chi connectivity index (χ1) is 8.29. The summed E-state index contributed by atoms with van der Waals surface area (Å²) in [5.41, 5.74) is 2.50. The second-order valence-electron chi connectivity index (χ2n) is 4.92. The van der Waals surface area contributed by atoms with Crippen molar-refractivity contribution >= 4 is 5.57 Å². The van der Waals surface area contributed by atoms with Gasteiger partial charge in [0.2, 0.25) is 0 Å². The Morgan fingerprint density at radius 3 is 2.88 bits per heavy atom. The summed E-state index contributed by atoms with van der Waals surface area (Å²) in [5, 5.41) is 3.27. The van der Waals surface area contributed by atoms with E-state index in [0.29, 0.717) is 0 Å². The molecule has 1 saturated heterocycles. The van der Waals surface area contributed by atoms with E-state index in [0.717, 1.165) is 19.0 Å². The normalized spacial score (nSPS) is 20.6. The third-order valence-corrected chi connectivity index (χ3v) is 3.46. The predicted molar refractivity (Wildman–Crippen MR) is 73.9 cm³/mol. The molecule has 1 unspecified atom stereocenters. The van der Waals surface area contributed by atoms with E-state index < -0.39 is 0 Å². The molecule has 0 amide bonds. The quantitative estimate of drug-likeness (QED) is 0.834. The van der Waals surface area contributed by atoms with Crippen LogP contribution < -0.4 is 5.32 Å². The summed E-state index contributed by atoms with van der Waals surface area (Å²) < 4.78 is 0. The zero-order valence-corrected chi connectivity index (χ0v) is 10.7. The van der Waals surface area contributed by atoms with Crippen molar-refractivity contribution < 1.29 is 0 Å². The van der Waals surface area contributed by atoms with E-state index in [-0.39, 0.29) is 0 Å². The third kappa shape index (κ3) is 3.42. The number of hydrogen-bond acceptors (Lipinski definition) is 2. The van der Waals surface area contributed by atoms with Crippen molar-refractivity contribution in [3.63, 3.8) is 0 Å². The van der Waals surface area contributed by atoms with Gasteiger partial charge in [-0.05, 0) is 43.6 Å². The molecule has 1 atom stereocenters. The molecule has 92 valence electrons. The molecule has 1 aromatic rings. The van der Waals surface area contributed by atoms with E-state index in [1.54, 1.807) is 0 Å². The molecule has 0 spiro atoms. The number of nitrogens with zero attached hydrogens (tertiary/aromatic N) is 1. The van der Waals surface area contributed by atoms with Crippen molar-refractivity contribution in [2.75, 3.05) is 33.2 Å². The molecule has 0 radical (unpaired) electrons. The van der Waals surface area contributed by atoms with Crippen LogP contribution >= 0.6 is 0 Å². The van der Waals surface area contributed by atoms with Gasteiger partial charge in [-0.3, -0.25) is 4.90 Å². The van der Waals surface area contributed by atoms with Gasteiger partial charge in [-0.25, -0.2) is 0 Å². The Morgan fingerprint density at radius 1 is 1.41 bits per heavy atom. The Morgan fingerprint density at radius 2 is 2.18 bits per heavy atom. The maximum absolute atomic E-state index is 4.20. The van der Waals surface area contributed by atoms with Gasteiger partial charge in [-0.2, -0.15) is 0 Å². The fourth-order valence-electron chi connectivity index (χ4n) is 2.55. The molecule has 1 aromatic carbocycles.